The number of anilines is 1. The Morgan fingerprint density at radius 1 is 1.05 bits per heavy atom. The molecule has 1 fully saturated rings. The zero-order valence-corrected chi connectivity index (χ0v) is 22.8. The Kier molecular flexibility index (Phi) is 9.48. The summed E-state index contributed by atoms with van der Waals surface area (Å²) < 4.78 is 36.5. The number of nitrogens with zero attached hydrogens (tertiary/aromatic N) is 5. The van der Waals surface area contributed by atoms with E-state index in [0.717, 1.165) is 5.56 Å². The second-order valence-corrected chi connectivity index (χ2v) is 11.8. The van der Waals surface area contributed by atoms with Crippen molar-refractivity contribution in [3.63, 3.8) is 0 Å². The maximum Gasteiger partial charge on any atom is 0.243 e. The molecule has 0 amide bonds. The van der Waals surface area contributed by atoms with Crippen LogP contribution in [0.1, 0.15) is 43.9 Å². The summed E-state index contributed by atoms with van der Waals surface area (Å²) in [5.74, 6) is 0.192. The maximum atomic E-state index is 13.7. The lowest BCUT2D eigenvalue weighted by atomic mass is 10.0. The van der Waals surface area contributed by atoms with Crippen LogP contribution in [0.25, 0.3) is 11.2 Å². The zero-order valence-electron chi connectivity index (χ0n) is 22.0. The Labute approximate surface area is 228 Å². The number of unbranched alkanes of at least 4 members (excludes halogenated alkanes) is 1. The normalized spacial score (nSPS) is 22.6. The van der Waals surface area contributed by atoms with E-state index in [1.807, 2.05) is 6.92 Å². The molecule has 3 aromatic rings. The van der Waals surface area contributed by atoms with Crippen molar-refractivity contribution in [1.29, 1.82) is 0 Å². The van der Waals surface area contributed by atoms with Crippen molar-refractivity contribution in [3.8, 4) is 0 Å². The van der Waals surface area contributed by atoms with Crippen LogP contribution < -0.4 is 17.2 Å². The minimum absolute atomic E-state index is 0.192. The van der Waals surface area contributed by atoms with Crippen LogP contribution in [0, 0.1) is 6.92 Å². The Morgan fingerprint density at radius 2 is 1.79 bits per heavy atom. The summed E-state index contributed by atoms with van der Waals surface area (Å²) in [7, 11) is -3.82. The molecule has 1 unspecified atom stereocenters. The summed E-state index contributed by atoms with van der Waals surface area (Å²) >= 11 is 0. The number of imidazole rings is 1. The van der Waals surface area contributed by atoms with Crippen LogP contribution in [0.3, 0.4) is 0 Å². The maximum absolute atomic E-state index is 13.7. The van der Waals surface area contributed by atoms with E-state index in [4.69, 9.17) is 21.9 Å². The fourth-order valence-corrected chi connectivity index (χ4v) is 6.72. The van der Waals surface area contributed by atoms with Crippen molar-refractivity contribution >= 4 is 27.0 Å². The second kappa shape index (κ2) is 12.6. The van der Waals surface area contributed by atoms with Gasteiger partial charge in [0.25, 0.3) is 0 Å². The van der Waals surface area contributed by atoms with Gasteiger partial charge in [-0.05, 0) is 64.3 Å². The summed E-state index contributed by atoms with van der Waals surface area (Å²) in [6.45, 7) is 2.93. The van der Waals surface area contributed by atoms with Gasteiger partial charge in [0.05, 0.1) is 17.3 Å². The van der Waals surface area contributed by atoms with E-state index >= 15 is 0 Å². The number of fused-ring (bicyclic) bond motifs is 1. The minimum atomic E-state index is -3.82. The van der Waals surface area contributed by atoms with Crippen molar-refractivity contribution in [2.75, 3.05) is 25.4 Å². The van der Waals surface area contributed by atoms with E-state index in [2.05, 4.69) is 15.0 Å². The predicted molar refractivity (Wildman–Crippen MR) is 146 cm³/mol. The lowest BCUT2D eigenvalue weighted by Gasteiger charge is -2.32. The standard InChI is InChI=1S/C25H38N8O5S/c1-16-4-7-18(8-5-16)39(36,37)33(13-3-2-11-26)17(10-12-27)6-9-19-21(34)22(35)25(38-19)32-15-31-20-23(28)29-14-30-24(20)32/h4-5,7-8,14-15,17,19,21-22,25,34-35H,2-3,6,9-13,26-27H2,1H3,(H2,28,29,30)/t17?,19-,21-,22-,25-/m1/s1. The predicted octanol–water partition coefficient (Wildman–Crippen LogP) is 0.264. The fourth-order valence-electron chi connectivity index (χ4n) is 4.99. The van der Waals surface area contributed by atoms with Crippen molar-refractivity contribution in [2.45, 2.75) is 74.5 Å². The van der Waals surface area contributed by atoms with Gasteiger partial charge in [0.2, 0.25) is 10.0 Å². The molecule has 1 aliphatic rings. The Morgan fingerprint density at radius 3 is 2.49 bits per heavy atom. The third kappa shape index (κ3) is 6.22. The molecule has 0 saturated carbocycles. The molecule has 39 heavy (non-hydrogen) atoms. The van der Waals surface area contributed by atoms with Crippen LogP contribution in [0.2, 0.25) is 0 Å². The molecular weight excluding hydrogens is 524 g/mol. The van der Waals surface area contributed by atoms with Crippen LogP contribution in [-0.2, 0) is 14.8 Å². The van der Waals surface area contributed by atoms with E-state index in [1.165, 1.54) is 21.5 Å². The molecule has 5 atom stereocenters. The highest BCUT2D eigenvalue weighted by atomic mass is 32.2. The van der Waals surface area contributed by atoms with Crippen LogP contribution in [0.4, 0.5) is 5.82 Å². The lowest BCUT2D eigenvalue weighted by molar-refractivity contribution is -0.0385. The van der Waals surface area contributed by atoms with E-state index in [-0.39, 0.29) is 17.3 Å². The molecule has 4 rings (SSSR count). The Hall–Kier alpha value is -2.72. The van der Waals surface area contributed by atoms with Gasteiger partial charge in [-0.3, -0.25) is 4.57 Å². The minimum Gasteiger partial charge on any atom is -0.388 e. The zero-order chi connectivity index (χ0) is 28.2. The van der Waals surface area contributed by atoms with Crippen LogP contribution >= 0.6 is 0 Å². The number of aliphatic hydroxyl groups excluding tert-OH is 2. The average Bonchev–Trinajstić information content (AvgIpc) is 3.46. The molecule has 0 spiro atoms. The van der Waals surface area contributed by atoms with Crippen molar-refractivity contribution in [3.05, 3.63) is 42.5 Å². The number of aliphatic hydroxyl groups is 2. The number of aromatic nitrogens is 4. The summed E-state index contributed by atoms with van der Waals surface area (Å²) in [4.78, 5) is 12.5. The van der Waals surface area contributed by atoms with E-state index in [9.17, 15) is 18.6 Å². The van der Waals surface area contributed by atoms with Gasteiger partial charge in [0.15, 0.2) is 17.7 Å². The molecule has 0 bridgehead atoms. The number of hydrogen-bond acceptors (Lipinski definition) is 11. The number of sulfonamides is 1. The largest absolute Gasteiger partial charge is 0.388 e. The molecule has 214 valence electrons. The van der Waals surface area contributed by atoms with Crippen molar-refractivity contribution in [1.82, 2.24) is 23.8 Å². The molecule has 14 heteroatoms. The van der Waals surface area contributed by atoms with Gasteiger partial charge in [0, 0.05) is 12.6 Å². The number of nitrogen functional groups attached to an aromatic ring is 1. The summed E-state index contributed by atoms with van der Waals surface area (Å²) in [6, 6.07) is 6.32. The molecule has 2 aromatic heterocycles. The lowest BCUT2D eigenvalue weighted by Crippen LogP contribution is -2.43. The first-order chi connectivity index (χ1) is 18.7. The fraction of sp³-hybridized carbons (Fsp3) is 0.560. The van der Waals surface area contributed by atoms with Crippen LogP contribution in [0.15, 0.2) is 41.8 Å². The highest BCUT2D eigenvalue weighted by molar-refractivity contribution is 7.89. The van der Waals surface area contributed by atoms with E-state index in [0.29, 0.717) is 56.4 Å². The summed E-state index contributed by atoms with van der Waals surface area (Å²) in [5, 5.41) is 21.6. The van der Waals surface area contributed by atoms with Gasteiger partial charge in [-0.1, -0.05) is 17.7 Å². The Bertz CT molecular complexity index is 1340. The number of ether oxygens (including phenoxy) is 1. The first-order valence-electron chi connectivity index (χ1n) is 13.1. The SMILES string of the molecule is Cc1ccc(S(=O)(=O)N(CCCCN)C(CCN)CC[C@H]2O[C@@H](n3cnc4c(N)ncnc43)[C@H](O)[C@@H]2O)cc1. The highest BCUT2D eigenvalue weighted by Gasteiger charge is 2.44. The van der Waals surface area contributed by atoms with Crippen molar-refractivity contribution < 1.29 is 23.4 Å². The Balaban J connectivity index is 1.53. The summed E-state index contributed by atoms with van der Waals surface area (Å²) in [5.41, 5.74) is 19.2. The highest BCUT2D eigenvalue weighted by Crippen LogP contribution is 2.35. The first kappa shape index (κ1) is 29.3. The topological polar surface area (TPSA) is 209 Å². The summed E-state index contributed by atoms with van der Waals surface area (Å²) in [6.07, 6.45) is 0.920. The number of aryl methyl sites for hydroxylation is 1. The van der Waals surface area contributed by atoms with E-state index < -0.39 is 40.6 Å². The first-order valence-corrected chi connectivity index (χ1v) is 14.6. The number of benzene rings is 1. The average molecular weight is 563 g/mol. The van der Waals surface area contributed by atoms with E-state index in [1.54, 1.807) is 24.3 Å². The molecule has 8 N–H and O–H groups in total. The van der Waals surface area contributed by atoms with Crippen LogP contribution in [0.5, 0.6) is 0 Å². The monoisotopic (exact) mass is 562 g/mol. The molecule has 1 saturated heterocycles. The van der Waals surface area contributed by atoms with Crippen LogP contribution in [-0.4, -0.2) is 86.4 Å². The third-order valence-electron chi connectivity index (χ3n) is 7.15. The molecule has 3 heterocycles. The third-order valence-corrected chi connectivity index (χ3v) is 9.12. The number of rotatable bonds is 13. The molecular formula is C25H38N8O5S. The van der Waals surface area contributed by atoms with Gasteiger partial charge >= 0.3 is 0 Å². The smallest absolute Gasteiger partial charge is 0.243 e. The molecule has 0 radical (unpaired) electrons. The van der Waals surface area contributed by atoms with Gasteiger partial charge in [-0.2, -0.15) is 4.31 Å². The number of nitrogens with two attached hydrogens (primary N) is 3. The quantitative estimate of drug-likeness (QED) is 0.178. The van der Waals surface area contributed by atoms with Gasteiger partial charge < -0.3 is 32.2 Å². The molecule has 1 aromatic carbocycles. The molecule has 1 aliphatic heterocycles. The molecule has 13 nitrogen and oxygen atoms in total. The van der Waals surface area contributed by atoms with Crippen molar-refractivity contribution in [2.24, 2.45) is 11.5 Å². The number of hydrogen-bond donors (Lipinski definition) is 5. The van der Waals surface area contributed by atoms with Gasteiger partial charge in [0.1, 0.15) is 24.1 Å². The van der Waals surface area contributed by atoms with Gasteiger partial charge in [-0.25, -0.2) is 23.4 Å². The van der Waals surface area contributed by atoms with Gasteiger partial charge in [-0.15, -0.1) is 0 Å². The second-order valence-electron chi connectivity index (χ2n) is 9.86. The molecule has 0 aliphatic carbocycles.